The molecule has 0 saturated carbocycles. The lowest BCUT2D eigenvalue weighted by Crippen LogP contribution is -2.05. The average Bonchev–Trinajstić information content (AvgIpc) is 3.99. The van der Waals surface area contributed by atoms with Gasteiger partial charge in [-0.15, -0.1) is 0 Å². The Morgan fingerprint density at radius 1 is 0.727 bits per heavy atom. The number of nitrogens with one attached hydrogen (secondary N) is 1. The Morgan fingerprint density at radius 3 is 2.12 bits per heavy atom. The van der Waals surface area contributed by atoms with Gasteiger partial charge < -0.3 is 13.4 Å². The number of hydrogen-bond acceptors (Lipinski definition) is 3. The summed E-state index contributed by atoms with van der Waals surface area (Å²) in [6, 6.07) is 32.7. The fourth-order valence-corrected chi connectivity index (χ4v) is 8.49. The third-order valence-electron chi connectivity index (χ3n) is 11.8. The van der Waals surface area contributed by atoms with Crippen LogP contribution in [0.2, 0.25) is 0 Å². The summed E-state index contributed by atoms with van der Waals surface area (Å²) in [7, 11) is 0. The maximum Gasteiger partial charge on any atom is 0.161 e. The van der Waals surface area contributed by atoms with Gasteiger partial charge in [-0.25, -0.2) is 9.98 Å². The second kappa shape index (κ2) is 19.6. The lowest BCUT2D eigenvalue weighted by Gasteiger charge is -2.11. The van der Waals surface area contributed by atoms with Crippen LogP contribution >= 0.6 is 0 Å². The standard InChI is InChI=1S/C60H52N4O2/c1-9-15-23-41(13-5)43-24-18-25-45(36-43)59(61)63-60(42(14-6)22-12-4)62-38-46-26-19-32-54-56(46)49-37-44(34-35-53(49)65-54)47-27-21-33-55-57(47)48-28-20-31-52(58(48)66-55)64-50(29-16-10-2)39(7)40(8)51(64)30-17-11-3/h10-38,61H,2-4,6,9H2,1,5,7-8H3/b23-15-,29-16-,30-17-,41-13+,42-22+,61-59?,62-38?,63-60?. The molecule has 8 rings (SSSR count). The van der Waals surface area contributed by atoms with E-state index < -0.39 is 0 Å². The lowest BCUT2D eigenvalue weighted by molar-refractivity contribution is 0.665. The number of rotatable bonds is 14. The molecule has 0 radical (unpaired) electrons. The summed E-state index contributed by atoms with van der Waals surface area (Å²) in [5.41, 5.74) is 14.7. The summed E-state index contributed by atoms with van der Waals surface area (Å²) >= 11 is 0. The van der Waals surface area contributed by atoms with E-state index in [1.165, 1.54) is 11.1 Å². The van der Waals surface area contributed by atoms with E-state index in [0.29, 0.717) is 17.0 Å². The van der Waals surface area contributed by atoms with Crippen molar-refractivity contribution in [3.05, 3.63) is 229 Å². The van der Waals surface area contributed by atoms with Crippen LogP contribution in [-0.4, -0.2) is 22.5 Å². The van der Waals surface area contributed by atoms with Crippen LogP contribution in [-0.2, 0) is 0 Å². The van der Waals surface area contributed by atoms with E-state index in [9.17, 15) is 0 Å². The highest BCUT2D eigenvalue weighted by molar-refractivity contribution is 6.19. The van der Waals surface area contributed by atoms with Gasteiger partial charge in [-0.2, -0.15) is 0 Å². The minimum absolute atomic E-state index is 0.0777. The summed E-state index contributed by atoms with van der Waals surface area (Å²) < 4.78 is 15.5. The molecule has 0 fully saturated rings. The number of amidine groups is 2. The van der Waals surface area contributed by atoms with Gasteiger partial charge in [0, 0.05) is 55.8 Å². The Labute approximate surface area is 386 Å². The van der Waals surface area contributed by atoms with Crippen LogP contribution in [0.25, 0.3) is 78.4 Å². The number of para-hydroxylation sites is 1. The SMILES string of the molecule is C=C/C=C\c1c(C)c(C)c(/C=C\C=C)n1-c1cccc2c1oc1cccc(-c3ccc4oc5cccc(C=NC(=NC(=N)c6cccc(C(/C=C\CC)=C/C)c6)/C(C=C)=C/C=C)c5c4c3)c12. The van der Waals surface area contributed by atoms with E-state index in [4.69, 9.17) is 24.2 Å². The Morgan fingerprint density at radius 2 is 1.42 bits per heavy atom. The van der Waals surface area contributed by atoms with E-state index in [1.807, 2.05) is 79.7 Å². The molecule has 0 aliphatic heterocycles. The van der Waals surface area contributed by atoms with Crippen LogP contribution in [0.15, 0.2) is 209 Å². The van der Waals surface area contributed by atoms with Gasteiger partial charge in [-0.3, -0.25) is 5.41 Å². The van der Waals surface area contributed by atoms with Gasteiger partial charge in [0.05, 0.1) is 5.69 Å². The maximum absolute atomic E-state index is 9.10. The van der Waals surface area contributed by atoms with Crippen molar-refractivity contribution in [2.45, 2.75) is 34.1 Å². The highest BCUT2D eigenvalue weighted by atomic mass is 16.3. The summed E-state index contributed by atoms with van der Waals surface area (Å²) in [5.74, 6) is 0.410. The normalized spacial score (nSPS) is 12.9. The van der Waals surface area contributed by atoms with Crippen molar-refractivity contribution in [2.24, 2.45) is 9.98 Å². The summed E-state index contributed by atoms with van der Waals surface area (Å²) in [5, 5.41) is 13.0. The molecule has 0 unspecified atom stereocenters. The molecule has 0 bridgehead atoms. The zero-order valence-electron chi connectivity index (χ0n) is 37.9. The van der Waals surface area contributed by atoms with Gasteiger partial charge in [0.25, 0.3) is 0 Å². The van der Waals surface area contributed by atoms with Crippen LogP contribution < -0.4 is 0 Å². The van der Waals surface area contributed by atoms with Crippen molar-refractivity contribution >= 4 is 79.5 Å². The predicted octanol–water partition coefficient (Wildman–Crippen LogP) is 16.5. The van der Waals surface area contributed by atoms with Crippen molar-refractivity contribution in [1.82, 2.24) is 4.57 Å². The third kappa shape index (κ3) is 8.40. The van der Waals surface area contributed by atoms with Crippen molar-refractivity contribution in [1.29, 1.82) is 5.41 Å². The molecule has 66 heavy (non-hydrogen) atoms. The van der Waals surface area contributed by atoms with Gasteiger partial charge in [-0.1, -0.05) is 155 Å². The highest BCUT2D eigenvalue weighted by Gasteiger charge is 2.22. The van der Waals surface area contributed by atoms with Crippen LogP contribution in [0.1, 0.15) is 59.5 Å². The van der Waals surface area contributed by atoms with Crippen molar-refractivity contribution in [3.63, 3.8) is 0 Å². The fraction of sp³-hybridized carbons (Fsp3) is 0.0833. The molecule has 0 atom stereocenters. The Balaban J connectivity index is 1.24. The molecule has 1 N–H and O–H groups in total. The number of fused-ring (bicyclic) bond motifs is 6. The number of benzene rings is 5. The summed E-state index contributed by atoms with van der Waals surface area (Å²) in [6.45, 7) is 24.2. The number of allylic oxidation sites excluding steroid dienone is 10. The molecule has 324 valence electrons. The first kappa shape index (κ1) is 44.3. The van der Waals surface area contributed by atoms with Crippen LogP contribution in [0, 0.1) is 19.3 Å². The number of nitrogens with zero attached hydrogens (tertiary/aromatic N) is 3. The van der Waals surface area contributed by atoms with Gasteiger partial charge >= 0.3 is 0 Å². The Kier molecular flexibility index (Phi) is 13.1. The zero-order chi connectivity index (χ0) is 46.3. The van der Waals surface area contributed by atoms with E-state index >= 15 is 0 Å². The number of aliphatic imine (C=N–C) groups is 2. The first-order valence-electron chi connectivity index (χ1n) is 22.1. The second-order valence-corrected chi connectivity index (χ2v) is 15.8. The molecule has 3 aromatic heterocycles. The summed E-state index contributed by atoms with van der Waals surface area (Å²) in [4.78, 5) is 9.70. The minimum atomic E-state index is 0.0777. The van der Waals surface area contributed by atoms with Gasteiger partial charge in [-0.05, 0) is 109 Å². The van der Waals surface area contributed by atoms with Gasteiger partial charge in [0.1, 0.15) is 16.7 Å². The molecular formula is C60H52N4O2. The number of furan rings is 2. The zero-order valence-corrected chi connectivity index (χ0v) is 37.9. The third-order valence-corrected chi connectivity index (χ3v) is 11.8. The van der Waals surface area contributed by atoms with Crippen LogP contribution in [0.5, 0.6) is 0 Å². The largest absolute Gasteiger partial charge is 0.456 e. The van der Waals surface area contributed by atoms with Crippen molar-refractivity contribution in [2.75, 3.05) is 0 Å². The molecule has 0 amide bonds. The first-order chi connectivity index (χ1) is 32.2. The van der Waals surface area contributed by atoms with Crippen molar-refractivity contribution in [3.8, 4) is 16.8 Å². The molecule has 0 saturated heterocycles. The van der Waals surface area contributed by atoms with E-state index in [0.717, 1.165) is 95.2 Å². The average molecular weight is 861 g/mol. The number of aromatic nitrogens is 1. The van der Waals surface area contributed by atoms with E-state index in [-0.39, 0.29) is 5.84 Å². The molecule has 6 nitrogen and oxygen atoms in total. The molecular weight excluding hydrogens is 809 g/mol. The Bertz CT molecular complexity index is 3430. The monoisotopic (exact) mass is 860 g/mol. The molecule has 0 aliphatic rings. The summed E-state index contributed by atoms with van der Waals surface area (Å²) in [6.07, 6.45) is 25.9. The minimum Gasteiger partial charge on any atom is -0.456 e. The van der Waals surface area contributed by atoms with Gasteiger partial charge in [0.15, 0.2) is 17.3 Å². The lowest BCUT2D eigenvalue weighted by atomic mass is 9.97. The highest BCUT2D eigenvalue weighted by Crippen LogP contribution is 2.42. The van der Waals surface area contributed by atoms with Gasteiger partial charge in [0.2, 0.25) is 0 Å². The first-order valence-corrected chi connectivity index (χ1v) is 22.1. The molecule has 0 spiro atoms. The molecule has 6 heteroatoms. The topological polar surface area (TPSA) is 79.8 Å². The predicted molar refractivity (Wildman–Crippen MR) is 284 cm³/mol. The quantitative estimate of drug-likeness (QED) is 0.0671. The fourth-order valence-electron chi connectivity index (χ4n) is 8.49. The van der Waals surface area contributed by atoms with E-state index in [2.05, 4.69) is 118 Å². The van der Waals surface area contributed by atoms with Crippen LogP contribution in [0.3, 0.4) is 0 Å². The Hall–Kier alpha value is -8.35. The molecule has 3 heterocycles. The van der Waals surface area contributed by atoms with E-state index in [1.54, 1.807) is 36.6 Å². The second-order valence-electron chi connectivity index (χ2n) is 15.8. The maximum atomic E-state index is 9.10. The van der Waals surface area contributed by atoms with Crippen LogP contribution in [0.4, 0.5) is 0 Å². The smallest absolute Gasteiger partial charge is 0.161 e. The van der Waals surface area contributed by atoms with Crippen molar-refractivity contribution < 1.29 is 8.83 Å². The molecule has 5 aromatic carbocycles. The number of hydrogen-bond donors (Lipinski definition) is 1. The molecule has 8 aromatic rings. The molecule has 0 aliphatic carbocycles.